The average molecular weight is 382 g/mol. The van der Waals surface area contributed by atoms with Crippen LogP contribution in [0.1, 0.15) is 49.4 Å². The molecule has 1 atom stereocenters. The van der Waals surface area contributed by atoms with Crippen LogP contribution in [0.15, 0.2) is 30.7 Å². The molecule has 1 unspecified atom stereocenters. The van der Waals surface area contributed by atoms with Gasteiger partial charge >= 0.3 is 0 Å². The van der Waals surface area contributed by atoms with Crippen molar-refractivity contribution >= 4 is 5.82 Å². The number of likely N-dealkylation sites (tertiary alicyclic amines) is 1. The van der Waals surface area contributed by atoms with Crippen LogP contribution < -0.4 is 9.64 Å². The summed E-state index contributed by atoms with van der Waals surface area (Å²) in [6.07, 6.45) is 11.7. The fourth-order valence-electron chi connectivity index (χ4n) is 4.64. The van der Waals surface area contributed by atoms with Gasteiger partial charge in [-0.3, -0.25) is 9.97 Å². The summed E-state index contributed by atoms with van der Waals surface area (Å²) in [5.41, 5.74) is 2.11. The molecule has 0 saturated carbocycles. The largest absolute Gasteiger partial charge is 0.495 e. The number of pyridine rings is 1. The number of aromatic nitrogens is 3. The minimum Gasteiger partial charge on any atom is -0.495 e. The maximum atomic E-state index is 5.53. The monoisotopic (exact) mass is 381 g/mol. The lowest BCUT2D eigenvalue weighted by Gasteiger charge is -2.37. The number of nitrogens with zero attached hydrogens (tertiary/aromatic N) is 5. The van der Waals surface area contributed by atoms with Gasteiger partial charge in [-0.05, 0) is 64.3 Å². The third kappa shape index (κ3) is 4.27. The van der Waals surface area contributed by atoms with Gasteiger partial charge in [0.1, 0.15) is 11.6 Å². The molecule has 2 saturated heterocycles. The minimum absolute atomic E-state index is 0.512. The van der Waals surface area contributed by atoms with Crippen molar-refractivity contribution in [3.63, 3.8) is 0 Å². The fourth-order valence-corrected chi connectivity index (χ4v) is 4.64. The van der Waals surface area contributed by atoms with Gasteiger partial charge in [0.05, 0.1) is 30.9 Å². The van der Waals surface area contributed by atoms with Crippen molar-refractivity contribution in [2.75, 3.05) is 38.2 Å². The molecule has 28 heavy (non-hydrogen) atoms. The van der Waals surface area contributed by atoms with Gasteiger partial charge in [-0.25, -0.2) is 4.98 Å². The first kappa shape index (κ1) is 19.1. The summed E-state index contributed by atoms with van der Waals surface area (Å²) in [4.78, 5) is 18.7. The zero-order valence-electron chi connectivity index (χ0n) is 17.0. The Morgan fingerprint density at radius 2 is 1.82 bits per heavy atom. The number of piperidine rings is 1. The molecule has 150 valence electrons. The van der Waals surface area contributed by atoms with Crippen LogP contribution in [-0.4, -0.2) is 59.2 Å². The summed E-state index contributed by atoms with van der Waals surface area (Å²) in [5.74, 6) is 2.47. The molecule has 0 aliphatic carbocycles. The van der Waals surface area contributed by atoms with Crippen molar-refractivity contribution in [3.8, 4) is 5.75 Å². The second kappa shape index (κ2) is 8.86. The highest BCUT2D eigenvalue weighted by Gasteiger charge is 2.29. The van der Waals surface area contributed by atoms with Crippen LogP contribution in [0.4, 0.5) is 5.82 Å². The number of hydrogen-bond donors (Lipinski definition) is 0. The normalized spacial score (nSPS) is 22.1. The van der Waals surface area contributed by atoms with Crippen LogP contribution in [0.25, 0.3) is 0 Å². The van der Waals surface area contributed by atoms with Crippen molar-refractivity contribution in [2.24, 2.45) is 0 Å². The van der Waals surface area contributed by atoms with Gasteiger partial charge in [0, 0.05) is 31.2 Å². The second-order valence-electron chi connectivity index (χ2n) is 7.99. The quantitative estimate of drug-likeness (QED) is 0.809. The Hall–Kier alpha value is -2.21. The molecular formula is C22H31N5O. The highest BCUT2D eigenvalue weighted by molar-refractivity contribution is 5.36. The number of hydrogen-bond acceptors (Lipinski definition) is 6. The van der Waals surface area contributed by atoms with Gasteiger partial charge in [0.15, 0.2) is 0 Å². The van der Waals surface area contributed by atoms with Gasteiger partial charge in [-0.2, -0.15) is 0 Å². The van der Waals surface area contributed by atoms with Crippen molar-refractivity contribution in [1.82, 2.24) is 19.9 Å². The first-order valence-electron chi connectivity index (χ1n) is 10.5. The third-order valence-corrected chi connectivity index (χ3v) is 6.24. The van der Waals surface area contributed by atoms with Crippen LogP contribution in [0.2, 0.25) is 0 Å². The van der Waals surface area contributed by atoms with E-state index < -0.39 is 0 Å². The summed E-state index contributed by atoms with van der Waals surface area (Å²) in [5, 5.41) is 0. The molecule has 2 aliphatic heterocycles. The molecule has 4 heterocycles. The number of rotatable bonds is 4. The Bertz CT molecular complexity index is 758. The number of anilines is 1. The highest BCUT2D eigenvalue weighted by Crippen LogP contribution is 2.34. The molecular weight excluding hydrogens is 350 g/mol. The molecule has 2 fully saturated rings. The lowest BCUT2D eigenvalue weighted by atomic mass is 9.91. The fraction of sp³-hybridized carbons (Fsp3) is 0.591. The molecule has 2 aliphatic rings. The van der Waals surface area contributed by atoms with Crippen LogP contribution in [-0.2, 0) is 0 Å². The average Bonchev–Trinajstić information content (AvgIpc) is 3.01. The molecule has 0 N–H and O–H groups in total. The van der Waals surface area contributed by atoms with Crippen molar-refractivity contribution < 1.29 is 4.74 Å². The van der Waals surface area contributed by atoms with Crippen LogP contribution in [0.3, 0.4) is 0 Å². The van der Waals surface area contributed by atoms with E-state index in [-0.39, 0.29) is 0 Å². The Morgan fingerprint density at radius 3 is 2.57 bits per heavy atom. The second-order valence-corrected chi connectivity index (χ2v) is 7.99. The van der Waals surface area contributed by atoms with Crippen molar-refractivity contribution in [1.29, 1.82) is 0 Å². The van der Waals surface area contributed by atoms with E-state index in [1.165, 1.54) is 19.3 Å². The van der Waals surface area contributed by atoms with E-state index in [0.29, 0.717) is 12.0 Å². The van der Waals surface area contributed by atoms with Gasteiger partial charge in [0.25, 0.3) is 0 Å². The van der Waals surface area contributed by atoms with E-state index in [1.54, 1.807) is 7.11 Å². The molecule has 2 aromatic rings. The van der Waals surface area contributed by atoms with Gasteiger partial charge in [-0.1, -0.05) is 0 Å². The molecule has 0 amide bonds. The molecule has 4 rings (SSSR count). The minimum atomic E-state index is 0.512. The number of ether oxygens (including phenoxy) is 1. The Balaban J connectivity index is 1.33. The molecule has 6 nitrogen and oxygen atoms in total. The molecule has 2 aromatic heterocycles. The summed E-state index contributed by atoms with van der Waals surface area (Å²) in [7, 11) is 1.74. The van der Waals surface area contributed by atoms with E-state index in [9.17, 15) is 0 Å². The Labute approximate surface area is 168 Å². The maximum absolute atomic E-state index is 5.53. The zero-order valence-corrected chi connectivity index (χ0v) is 17.0. The van der Waals surface area contributed by atoms with Crippen molar-refractivity contribution in [2.45, 2.75) is 51.0 Å². The molecule has 6 heteroatoms. The molecule has 0 radical (unpaired) electrons. The van der Waals surface area contributed by atoms with Crippen LogP contribution in [0.5, 0.6) is 5.75 Å². The topological polar surface area (TPSA) is 54.4 Å². The number of aryl methyl sites for hydroxylation is 1. The standard InChI is InChI=1S/C22H31N5O/c1-17-15-25-21(16-24-17)27-11-4-5-19(9-14-27)26-12-7-18(8-13-26)22-20(28-2)6-3-10-23-22/h3,6,10,15-16,18-19H,4-5,7-9,11-14H2,1-2H3. The van der Waals surface area contributed by atoms with E-state index >= 15 is 0 Å². The highest BCUT2D eigenvalue weighted by atomic mass is 16.5. The Morgan fingerprint density at radius 1 is 0.964 bits per heavy atom. The summed E-state index contributed by atoms with van der Waals surface area (Å²) < 4.78 is 5.53. The number of methoxy groups -OCH3 is 1. The van der Waals surface area contributed by atoms with Gasteiger partial charge < -0.3 is 14.5 Å². The lowest BCUT2D eigenvalue weighted by Crippen LogP contribution is -2.41. The SMILES string of the molecule is COc1cccnc1C1CCN(C2CCCN(c3cnc(C)cn3)CC2)CC1. The first-order valence-corrected chi connectivity index (χ1v) is 10.5. The summed E-state index contributed by atoms with van der Waals surface area (Å²) in [6.45, 7) is 6.43. The van der Waals surface area contributed by atoms with Crippen LogP contribution in [0, 0.1) is 6.92 Å². The van der Waals surface area contributed by atoms with E-state index in [1.807, 2.05) is 37.6 Å². The maximum Gasteiger partial charge on any atom is 0.147 e. The molecule has 0 spiro atoms. The molecule has 0 aromatic carbocycles. The lowest BCUT2D eigenvalue weighted by molar-refractivity contribution is 0.140. The van der Waals surface area contributed by atoms with E-state index in [4.69, 9.17) is 4.74 Å². The molecule has 0 bridgehead atoms. The summed E-state index contributed by atoms with van der Waals surface area (Å²) in [6, 6.07) is 4.66. The van der Waals surface area contributed by atoms with Gasteiger partial charge in [-0.15, -0.1) is 0 Å². The van der Waals surface area contributed by atoms with E-state index in [0.717, 1.165) is 62.0 Å². The third-order valence-electron chi connectivity index (χ3n) is 6.24. The van der Waals surface area contributed by atoms with Crippen LogP contribution >= 0.6 is 0 Å². The van der Waals surface area contributed by atoms with E-state index in [2.05, 4.69) is 24.8 Å². The first-order chi connectivity index (χ1) is 13.7. The predicted octanol–water partition coefficient (Wildman–Crippen LogP) is 3.43. The predicted molar refractivity (Wildman–Crippen MR) is 111 cm³/mol. The Kier molecular flexibility index (Phi) is 6.05. The smallest absolute Gasteiger partial charge is 0.147 e. The zero-order chi connectivity index (χ0) is 19.3. The summed E-state index contributed by atoms with van der Waals surface area (Å²) >= 11 is 0. The van der Waals surface area contributed by atoms with Crippen molar-refractivity contribution in [3.05, 3.63) is 42.1 Å². The van der Waals surface area contributed by atoms with Gasteiger partial charge in [0.2, 0.25) is 0 Å².